The Balaban J connectivity index is 3.65. The van der Waals surface area contributed by atoms with E-state index >= 15 is 0 Å². The van der Waals surface area contributed by atoms with E-state index in [0.29, 0.717) is 6.42 Å². The normalized spacial score (nSPS) is 16.0. The minimum atomic E-state index is -0.335. The summed E-state index contributed by atoms with van der Waals surface area (Å²) in [6.07, 6.45) is 0.187. The van der Waals surface area contributed by atoms with Crippen LogP contribution in [0.5, 0.6) is 0 Å². The second kappa shape index (κ2) is 5.11. The summed E-state index contributed by atoms with van der Waals surface area (Å²) < 4.78 is 0. The molecule has 2 unspecified atom stereocenters. The first-order chi connectivity index (χ1) is 5.09. The lowest BCUT2D eigenvalue weighted by atomic mass is 10.2. The van der Waals surface area contributed by atoms with Crippen LogP contribution in [0, 0.1) is 11.3 Å². The minimum absolute atomic E-state index is 0.128. The average Bonchev–Trinajstić information content (AvgIpc) is 1.98. The van der Waals surface area contributed by atoms with Gasteiger partial charge in [-0.15, -0.1) is 0 Å². The van der Waals surface area contributed by atoms with Crippen LogP contribution in [-0.4, -0.2) is 35.7 Å². The monoisotopic (exact) mass is 156 g/mol. The van der Waals surface area contributed by atoms with Crippen LogP contribution in [0.4, 0.5) is 0 Å². The van der Waals surface area contributed by atoms with Crippen LogP contribution < -0.4 is 0 Å². The van der Waals surface area contributed by atoms with Crippen molar-refractivity contribution < 1.29 is 5.11 Å². The predicted octanol–water partition coefficient (Wildman–Crippen LogP) is 0.601. The first kappa shape index (κ1) is 10.4. The Morgan fingerprint density at radius 2 is 2.09 bits per heavy atom. The van der Waals surface area contributed by atoms with Gasteiger partial charge in [-0.1, -0.05) is 0 Å². The maximum Gasteiger partial charge on any atom is 0.0664 e. The second-order valence-electron chi connectivity index (χ2n) is 2.87. The van der Waals surface area contributed by atoms with Crippen molar-refractivity contribution in [1.82, 2.24) is 4.90 Å². The molecule has 0 rings (SSSR count). The molecule has 0 aliphatic rings. The Kier molecular flexibility index (Phi) is 4.84. The summed E-state index contributed by atoms with van der Waals surface area (Å²) in [4.78, 5) is 1.98. The molecule has 0 heterocycles. The summed E-state index contributed by atoms with van der Waals surface area (Å²) in [5, 5.41) is 17.5. The molecule has 1 N–H and O–H groups in total. The van der Waals surface area contributed by atoms with Crippen LogP contribution in [0.25, 0.3) is 0 Å². The third-order valence-corrected chi connectivity index (χ3v) is 1.97. The molecule has 2 atom stereocenters. The number of rotatable bonds is 4. The summed E-state index contributed by atoms with van der Waals surface area (Å²) in [5.74, 6) is 0. The quantitative estimate of drug-likeness (QED) is 0.648. The van der Waals surface area contributed by atoms with Gasteiger partial charge in [0, 0.05) is 19.0 Å². The van der Waals surface area contributed by atoms with E-state index in [1.165, 1.54) is 0 Å². The Hall–Kier alpha value is -0.590. The molecule has 0 aliphatic heterocycles. The van der Waals surface area contributed by atoms with Crippen molar-refractivity contribution in [1.29, 1.82) is 5.26 Å². The lowest BCUT2D eigenvalue weighted by Crippen LogP contribution is -2.37. The molecule has 0 amide bonds. The van der Waals surface area contributed by atoms with Crippen molar-refractivity contribution in [2.45, 2.75) is 32.4 Å². The van der Waals surface area contributed by atoms with Crippen molar-refractivity contribution >= 4 is 0 Å². The zero-order chi connectivity index (χ0) is 8.85. The topological polar surface area (TPSA) is 47.3 Å². The van der Waals surface area contributed by atoms with E-state index in [2.05, 4.69) is 6.07 Å². The second-order valence-corrected chi connectivity index (χ2v) is 2.87. The molecule has 0 saturated heterocycles. The van der Waals surface area contributed by atoms with Gasteiger partial charge in [0.1, 0.15) is 0 Å². The Morgan fingerprint density at radius 1 is 1.55 bits per heavy atom. The molecule has 64 valence electrons. The van der Waals surface area contributed by atoms with Crippen LogP contribution in [0.3, 0.4) is 0 Å². The van der Waals surface area contributed by atoms with Crippen molar-refractivity contribution in [2.24, 2.45) is 0 Å². The van der Waals surface area contributed by atoms with Crippen LogP contribution in [0.1, 0.15) is 20.3 Å². The molecular formula is C8H16N2O. The van der Waals surface area contributed by atoms with Gasteiger partial charge in [0.25, 0.3) is 0 Å². The van der Waals surface area contributed by atoms with E-state index in [9.17, 15) is 0 Å². The maximum atomic E-state index is 9.17. The SMILES string of the molecule is CC(O)C(C)N(C)CCC#N. The summed E-state index contributed by atoms with van der Waals surface area (Å²) in [7, 11) is 1.91. The molecule has 11 heavy (non-hydrogen) atoms. The van der Waals surface area contributed by atoms with E-state index in [4.69, 9.17) is 10.4 Å². The van der Waals surface area contributed by atoms with Crippen molar-refractivity contribution in [3.8, 4) is 6.07 Å². The van der Waals surface area contributed by atoms with Crippen LogP contribution in [-0.2, 0) is 0 Å². The highest BCUT2D eigenvalue weighted by Crippen LogP contribution is 2.01. The number of aliphatic hydroxyl groups is 1. The largest absolute Gasteiger partial charge is 0.392 e. The minimum Gasteiger partial charge on any atom is -0.392 e. The van der Waals surface area contributed by atoms with Gasteiger partial charge < -0.3 is 10.0 Å². The lowest BCUT2D eigenvalue weighted by molar-refractivity contribution is 0.0880. The van der Waals surface area contributed by atoms with Gasteiger partial charge in [-0.3, -0.25) is 0 Å². The first-order valence-corrected chi connectivity index (χ1v) is 3.85. The molecule has 0 bridgehead atoms. The fourth-order valence-electron chi connectivity index (χ4n) is 0.798. The molecule has 3 nitrogen and oxygen atoms in total. The zero-order valence-electron chi connectivity index (χ0n) is 7.41. The highest BCUT2D eigenvalue weighted by atomic mass is 16.3. The molecular weight excluding hydrogens is 140 g/mol. The Morgan fingerprint density at radius 3 is 2.45 bits per heavy atom. The summed E-state index contributed by atoms with van der Waals surface area (Å²) in [6.45, 7) is 4.43. The number of aliphatic hydroxyl groups excluding tert-OH is 1. The smallest absolute Gasteiger partial charge is 0.0664 e. The summed E-state index contributed by atoms with van der Waals surface area (Å²) in [6, 6.07) is 2.20. The van der Waals surface area contributed by atoms with Crippen LogP contribution in [0.15, 0.2) is 0 Å². The third kappa shape index (κ3) is 3.97. The maximum absolute atomic E-state index is 9.17. The Bertz CT molecular complexity index is 140. The van der Waals surface area contributed by atoms with E-state index < -0.39 is 0 Å². The molecule has 0 aliphatic carbocycles. The van der Waals surface area contributed by atoms with Gasteiger partial charge >= 0.3 is 0 Å². The van der Waals surface area contributed by atoms with Gasteiger partial charge in [-0.05, 0) is 20.9 Å². The number of nitrogens with zero attached hydrogens (tertiary/aromatic N) is 2. The molecule has 0 fully saturated rings. The van der Waals surface area contributed by atoms with E-state index in [1.54, 1.807) is 6.92 Å². The van der Waals surface area contributed by atoms with Crippen molar-refractivity contribution in [3.63, 3.8) is 0 Å². The van der Waals surface area contributed by atoms with E-state index in [1.807, 2.05) is 18.9 Å². The molecule has 0 aromatic carbocycles. The Labute approximate surface area is 68.2 Å². The fourth-order valence-corrected chi connectivity index (χ4v) is 0.798. The van der Waals surface area contributed by atoms with Crippen LogP contribution in [0.2, 0.25) is 0 Å². The van der Waals surface area contributed by atoms with E-state index in [-0.39, 0.29) is 12.1 Å². The fraction of sp³-hybridized carbons (Fsp3) is 0.875. The first-order valence-electron chi connectivity index (χ1n) is 3.85. The highest BCUT2D eigenvalue weighted by Gasteiger charge is 2.13. The molecule has 0 saturated carbocycles. The van der Waals surface area contributed by atoms with E-state index in [0.717, 1.165) is 6.54 Å². The number of hydrogen-bond donors (Lipinski definition) is 1. The molecule has 0 radical (unpaired) electrons. The number of likely N-dealkylation sites (N-methyl/N-ethyl adjacent to an activating group) is 1. The third-order valence-electron chi connectivity index (χ3n) is 1.97. The average molecular weight is 156 g/mol. The van der Waals surface area contributed by atoms with Crippen LogP contribution >= 0.6 is 0 Å². The van der Waals surface area contributed by atoms with Gasteiger partial charge in [-0.25, -0.2) is 0 Å². The predicted molar refractivity (Wildman–Crippen MR) is 44.0 cm³/mol. The lowest BCUT2D eigenvalue weighted by Gasteiger charge is -2.25. The molecule has 0 aromatic rings. The summed E-state index contributed by atoms with van der Waals surface area (Å²) in [5.41, 5.74) is 0. The van der Waals surface area contributed by atoms with Crippen molar-refractivity contribution in [3.05, 3.63) is 0 Å². The summed E-state index contributed by atoms with van der Waals surface area (Å²) >= 11 is 0. The molecule has 0 spiro atoms. The molecule has 0 aromatic heterocycles. The molecule has 3 heteroatoms. The standard InChI is InChI=1S/C8H16N2O/c1-7(8(2)11)10(3)6-4-5-9/h7-8,11H,4,6H2,1-3H3. The van der Waals surface area contributed by atoms with Gasteiger partial charge in [0.2, 0.25) is 0 Å². The highest BCUT2D eigenvalue weighted by molar-refractivity contribution is 4.75. The van der Waals surface area contributed by atoms with Gasteiger partial charge in [-0.2, -0.15) is 5.26 Å². The van der Waals surface area contributed by atoms with Gasteiger partial charge in [0.05, 0.1) is 12.2 Å². The van der Waals surface area contributed by atoms with Crippen molar-refractivity contribution in [2.75, 3.05) is 13.6 Å². The number of nitriles is 1. The zero-order valence-corrected chi connectivity index (χ0v) is 7.41. The van der Waals surface area contributed by atoms with Gasteiger partial charge in [0.15, 0.2) is 0 Å². The number of hydrogen-bond acceptors (Lipinski definition) is 3.